The van der Waals surface area contributed by atoms with Gasteiger partial charge in [0.05, 0.1) is 0 Å². The van der Waals surface area contributed by atoms with Crippen molar-refractivity contribution in [1.82, 2.24) is 19.3 Å². The molecule has 0 amide bonds. The predicted octanol–water partition coefficient (Wildman–Crippen LogP) is 0.997. The molecule has 1 aliphatic heterocycles. The summed E-state index contributed by atoms with van der Waals surface area (Å²) in [6.07, 6.45) is 0.891. The Morgan fingerprint density at radius 1 is 1.41 bits per heavy atom. The first kappa shape index (κ1) is 13.0. The van der Waals surface area contributed by atoms with Gasteiger partial charge in [0.1, 0.15) is 0 Å². The fourth-order valence-electron chi connectivity index (χ4n) is 2.30. The predicted molar refractivity (Wildman–Crippen MR) is 65.8 cm³/mol. The molecule has 96 valence electrons. The van der Waals surface area contributed by atoms with E-state index in [1.165, 1.54) is 8.99 Å². The molecular formula is C9H15BrN4O2S. The average Bonchev–Trinajstić information content (AvgIpc) is 2.70. The highest BCUT2D eigenvalue weighted by atomic mass is 79.9. The molecule has 0 spiro atoms. The Labute approximate surface area is 109 Å². The molecular weight excluding hydrogens is 308 g/mol. The Morgan fingerprint density at radius 3 is 2.47 bits per heavy atom. The second kappa shape index (κ2) is 4.33. The van der Waals surface area contributed by atoms with Crippen molar-refractivity contribution in [2.45, 2.75) is 31.3 Å². The molecule has 1 aromatic heterocycles. The molecule has 2 atom stereocenters. The Balaban J connectivity index is 2.44. The van der Waals surface area contributed by atoms with E-state index in [2.05, 4.69) is 33.2 Å². The number of sulfonamides is 1. The van der Waals surface area contributed by atoms with Crippen molar-refractivity contribution in [3.8, 4) is 0 Å². The van der Waals surface area contributed by atoms with E-state index in [4.69, 9.17) is 0 Å². The minimum atomic E-state index is -3.51. The Hall–Kier alpha value is -0.470. The molecule has 8 heteroatoms. The molecule has 2 rings (SSSR count). The van der Waals surface area contributed by atoms with Crippen molar-refractivity contribution in [2.75, 3.05) is 6.54 Å². The van der Waals surface area contributed by atoms with Crippen LogP contribution in [0.1, 0.15) is 20.3 Å². The van der Waals surface area contributed by atoms with Gasteiger partial charge in [0, 0.05) is 19.6 Å². The van der Waals surface area contributed by atoms with Crippen LogP contribution in [0.2, 0.25) is 0 Å². The van der Waals surface area contributed by atoms with Crippen LogP contribution in [0, 0.1) is 5.92 Å². The normalized spacial score (nSPS) is 26.6. The van der Waals surface area contributed by atoms with E-state index in [0.717, 1.165) is 6.42 Å². The summed E-state index contributed by atoms with van der Waals surface area (Å²) in [6, 6.07) is 0.0248. The van der Waals surface area contributed by atoms with E-state index >= 15 is 0 Å². The molecule has 1 aliphatic rings. The van der Waals surface area contributed by atoms with Crippen LogP contribution in [0.25, 0.3) is 0 Å². The van der Waals surface area contributed by atoms with Gasteiger partial charge in [0.15, 0.2) is 4.60 Å². The molecule has 6 nitrogen and oxygen atoms in total. The molecule has 2 unspecified atom stereocenters. The minimum absolute atomic E-state index is 0.0248. The Morgan fingerprint density at radius 2 is 2.06 bits per heavy atom. The lowest BCUT2D eigenvalue weighted by atomic mass is 10.1. The van der Waals surface area contributed by atoms with Crippen LogP contribution in [-0.2, 0) is 17.1 Å². The number of nitrogens with zero attached hydrogens (tertiary/aromatic N) is 4. The highest BCUT2D eigenvalue weighted by Crippen LogP contribution is 2.30. The molecule has 1 aromatic rings. The average molecular weight is 323 g/mol. The number of hydrogen-bond donors (Lipinski definition) is 0. The fraction of sp³-hybridized carbons (Fsp3) is 0.778. The summed E-state index contributed by atoms with van der Waals surface area (Å²) < 4.78 is 28.1. The first-order valence-corrected chi connectivity index (χ1v) is 7.64. The molecule has 0 bridgehead atoms. The third kappa shape index (κ3) is 2.13. The molecule has 1 saturated heterocycles. The third-order valence-electron chi connectivity index (χ3n) is 3.02. The molecule has 2 heterocycles. The van der Waals surface area contributed by atoms with Gasteiger partial charge in [-0.2, -0.15) is 4.31 Å². The van der Waals surface area contributed by atoms with Crippen molar-refractivity contribution in [3.63, 3.8) is 0 Å². The van der Waals surface area contributed by atoms with E-state index in [-0.39, 0.29) is 15.7 Å². The lowest BCUT2D eigenvalue weighted by Gasteiger charge is -2.20. The lowest BCUT2D eigenvalue weighted by molar-refractivity contribution is 0.399. The van der Waals surface area contributed by atoms with Crippen molar-refractivity contribution in [3.05, 3.63) is 4.60 Å². The molecule has 0 N–H and O–H groups in total. The van der Waals surface area contributed by atoms with Gasteiger partial charge in [0.2, 0.25) is 5.03 Å². The topological polar surface area (TPSA) is 68.1 Å². The van der Waals surface area contributed by atoms with E-state index in [0.29, 0.717) is 12.5 Å². The van der Waals surface area contributed by atoms with E-state index in [1.807, 2.05) is 6.92 Å². The van der Waals surface area contributed by atoms with Crippen LogP contribution in [0.15, 0.2) is 9.63 Å². The summed E-state index contributed by atoms with van der Waals surface area (Å²) in [6.45, 7) is 4.54. The molecule has 0 radical (unpaired) electrons. The standard InChI is InChI=1S/C9H15BrN4O2S/c1-6-4-7(2)14(5-6)17(15,16)9-8(10)11-12-13(9)3/h6-7H,4-5H2,1-3H3. The van der Waals surface area contributed by atoms with Crippen molar-refractivity contribution >= 4 is 26.0 Å². The summed E-state index contributed by atoms with van der Waals surface area (Å²) in [5.41, 5.74) is 0. The first-order chi connectivity index (χ1) is 7.84. The van der Waals surface area contributed by atoms with Gasteiger partial charge in [-0.3, -0.25) is 0 Å². The highest BCUT2D eigenvalue weighted by Gasteiger charge is 2.39. The van der Waals surface area contributed by atoms with Gasteiger partial charge in [0.25, 0.3) is 10.0 Å². The van der Waals surface area contributed by atoms with Gasteiger partial charge >= 0.3 is 0 Å². The number of aryl methyl sites for hydroxylation is 1. The Kier molecular flexibility index (Phi) is 3.30. The van der Waals surface area contributed by atoms with Crippen molar-refractivity contribution in [1.29, 1.82) is 0 Å². The van der Waals surface area contributed by atoms with Crippen molar-refractivity contribution in [2.24, 2.45) is 13.0 Å². The maximum atomic E-state index is 12.5. The summed E-state index contributed by atoms with van der Waals surface area (Å²) >= 11 is 3.13. The first-order valence-electron chi connectivity index (χ1n) is 5.41. The number of aromatic nitrogens is 3. The van der Waals surface area contributed by atoms with Crippen LogP contribution >= 0.6 is 15.9 Å². The van der Waals surface area contributed by atoms with E-state index in [9.17, 15) is 8.42 Å². The second-order valence-electron chi connectivity index (χ2n) is 4.57. The zero-order valence-corrected chi connectivity index (χ0v) is 12.4. The summed E-state index contributed by atoms with van der Waals surface area (Å²) in [7, 11) is -1.94. The van der Waals surface area contributed by atoms with Gasteiger partial charge in [-0.15, -0.1) is 5.10 Å². The number of rotatable bonds is 2. The zero-order chi connectivity index (χ0) is 12.8. The second-order valence-corrected chi connectivity index (χ2v) is 7.13. The molecule has 0 aromatic carbocycles. The van der Waals surface area contributed by atoms with Crippen LogP contribution < -0.4 is 0 Å². The Bertz CT molecular complexity index is 508. The van der Waals surface area contributed by atoms with Gasteiger partial charge < -0.3 is 0 Å². The lowest BCUT2D eigenvalue weighted by Crippen LogP contribution is -2.35. The SMILES string of the molecule is CC1CC(C)N(S(=O)(=O)c2c(Br)nnn2C)C1. The summed E-state index contributed by atoms with van der Waals surface area (Å²) in [4.78, 5) is 0. The molecule has 17 heavy (non-hydrogen) atoms. The van der Waals surface area contributed by atoms with E-state index in [1.54, 1.807) is 7.05 Å². The maximum Gasteiger partial charge on any atom is 0.263 e. The zero-order valence-electron chi connectivity index (χ0n) is 9.96. The fourth-order valence-corrected chi connectivity index (χ4v) is 5.10. The highest BCUT2D eigenvalue weighted by molar-refractivity contribution is 9.10. The number of halogens is 1. The maximum absolute atomic E-state index is 12.5. The summed E-state index contributed by atoms with van der Waals surface area (Å²) in [5.74, 6) is 0.389. The molecule has 1 fully saturated rings. The van der Waals surface area contributed by atoms with E-state index < -0.39 is 10.0 Å². The smallest absolute Gasteiger partial charge is 0.235 e. The van der Waals surface area contributed by atoms with Crippen LogP contribution in [0.4, 0.5) is 0 Å². The van der Waals surface area contributed by atoms with Crippen LogP contribution in [-0.4, -0.2) is 40.3 Å². The van der Waals surface area contributed by atoms with Gasteiger partial charge in [-0.05, 0) is 35.2 Å². The van der Waals surface area contributed by atoms with Crippen molar-refractivity contribution < 1.29 is 8.42 Å². The van der Waals surface area contributed by atoms with Gasteiger partial charge in [-0.1, -0.05) is 12.1 Å². The molecule has 0 aliphatic carbocycles. The monoisotopic (exact) mass is 322 g/mol. The number of hydrogen-bond acceptors (Lipinski definition) is 4. The summed E-state index contributed by atoms with van der Waals surface area (Å²) in [5, 5.41) is 7.56. The van der Waals surface area contributed by atoms with Crippen LogP contribution in [0.3, 0.4) is 0 Å². The third-order valence-corrected chi connectivity index (χ3v) is 5.89. The van der Waals surface area contributed by atoms with Crippen LogP contribution in [0.5, 0.6) is 0 Å². The molecule has 0 saturated carbocycles. The quantitative estimate of drug-likeness (QED) is 0.814. The minimum Gasteiger partial charge on any atom is -0.235 e. The largest absolute Gasteiger partial charge is 0.263 e. The van der Waals surface area contributed by atoms with Gasteiger partial charge in [-0.25, -0.2) is 13.1 Å².